The Morgan fingerprint density at radius 2 is 2.10 bits per heavy atom. The van der Waals surface area contributed by atoms with E-state index in [9.17, 15) is 4.79 Å². The van der Waals surface area contributed by atoms with E-state index < -0.39 is 6.04 Å². The van der Waals surface area contributed by atoms with E-state index >= 15 is 0 Å². The first-order valence-corrected chi connectivity index (χ1v) is 6.72. The molecule has 0 spiro atoms. The van der Waals surface area contributed by atoms with Gasteiger partial charge < -0.3 is 11.1 Å². The summed E-state index contributed by atoms with van der Waals surface area (Å²) in [5, 5.41) is 9.94. The molecule has 20 heavy (non-hydrogen) atoms. The SMILES string of the molecule is C[C@@H](N)C(=O)Nc1ccc(-c2n[nH]c(C3CC3)n2)cc1. The minimum Gasteiger partial charge on any atom is -0.325 e. The van der Waals surface area contributed by atoms with Crippen LogP contribution >= 0.6 is 0 Å². The molecule has 1 fully saturated rings. The summed E-state index contributed by atoms with van der Waals surface area (Å²) in [5.74, 6) is 2.01. The highest BCUT2D eigenvalue weighted by molar-refractivity contribution is 5.94. The van der Waals surface area contributed by atoms with Gasteiger partial charge in [0.25, 0.3) is 0 Å². The number of hydrogen-bond donors (Lipinski definition) is 3. The highest BCUT2D eigenvalue weighted by atomic mass is 16.2. The van der Waals surface area contributed by atoms with Gasteiger partial charge in [0.05, 0.1) is 6.04 Å². The van der Waals surface area contributed by atoms with Crippen LogP contribution in [0.5, 0.6) is 0 Å². The number of carbonyl (C=O) groups is 1. The number of anilines is 1. The zero-order valence-electron chi connectivity index (χ0n) is 11.3. The Labute approximate surface area is 116 Å². The van der Waals surface area contributed by atoms with E-state index in [4.69, 9.17) is 5.73 Å². The molecule has 104 valence electrons. The normalized spacial score (nSPS) is 15.9. The molecule has 0 radical (unpaired) electrons. The van der Waals surface area contributed by atoms with Crippen LogP contribution in [-0.4, -0.2) is 27.1 Å². The summed E-state index contributed by atoms with van der Waals surface area (Å²) in [4.78, 5) is 16.0. The predicted octanol–water partition coefficient (Wildman–Crippen LogP) is 1.63. The Morgan fingerprint density at radius 3 is 2.70 bits per heavy atom. The van der Waals surface area contributed by atoms with Gasteiger partial charge in [0.1, 0.15) is 5.82 Å². The first-order chi connectivity index (χ1) is 9.63. The van der Waals surface area contributed by atoms with Crippen LogP contribution < -0.4 is 11.1 Å². The van der Waals surface area contributed by atoms with E-state index in [0.29, 0.717) is 17.4 Å². The van der Waals surface area contributed by atoms with Crippen LogP contribution in [0.25, 0.3) is 11.4 Å². The second-order valence-electron chi connectivity index (χ2n) is 5.17. The number of nitrogens with zero attached hydrogens (tertiary/aromatic N) is 2. The van der Waals surface area contributed by atoms with Crippen LogP contribution in [0.15, 0.2) is 24.3 Å². The Bertz CT molecular complexity index is 613. The predicted molar refractivity (Wildman–Crippen MR) is 76.1 cm³/mol. The third-order valence-electron chi connectivity index (χ3n) is 3.29. The Balaban J connectivity index is 1.73. The van der Waals surface area contributed by atoms with E-state index in [1.165, 1.54) is 12.8 Å². The summed E-state index contributed by atoms with van der Waals surface area (Å²) < 4.78 is 0. The van der Waals surface area contributed by atoms with Crippen molar-refractivity contribution in [3.8, 4) is 11.4 Å². The Kier molecular flexibility index (Phi) is 3.23. The van der Waals surface area contributed by atoms with E-state index in [-0.39, 0.29) is 5.91 Å². The van der Waals surface area contributed by atoms with Crippen molar-refractivity contribution in [1.29, 1.82) is 0 Å². The summed E-state index contributed by atoms with van der Waals surface area (Å²) >= 11 is 0. The number of nitrogens with one attached hydrogen (secondary N) is 2. The third kappa shape index (κ3) is 2.70. The van der Waals surface area contributed by atoms with Crippen LogP contribution in [-0.2, 0) is 4.79 Å². The molecule has 1 aromatic heterocycles. The Hall–Kier alpha value is -2.21. The largest absolute Gasteiger partial charge is 0.325 e. The van der Waals surface area contributed by atoms with Gasteiger partial charge in [0.15, 0.2) is 5.82 Å². The van der Waals surface area contributed by atoms with E-state index in [1.807, 2.05) is 24.3 Å². The summed E-state index contributed by atoms with van der Waals surface area (Å²) in [6, 6.07) is 6.89. The average molecular weight is 271 g/mol. The highest BCUT2D eigenvalue weighted by Crippen LogP contribution is 2.38. The van der Waals surface area contributed by atoms with Gasteiger partial charge in [-0.05, 0) is 44.0 Å². The van der Waals surface area contributed by atoms with E-state index in [1.54, 1.807) is 6.92 Å². The molecule has 2 aromatic rings. The molecule has 1 heterocycles. The van der Waals surface area contributed by atoms with Gasteiger partial charge in [-0.3, -0.25) is 9.89 Å². The van der Waals surface area contributed by atoms with Crippen molar-refractivity contribution in [2.45, 2.75) is 31.7 Å². The number of hydrogen-bond acceptors (Lipinski definition) is 4. The molecule has 1 aliphatic carbocycles. The van der Waals surface area contributed by atoms with Gasteiger partial charge in [-0.1, -0.05) is 0 Å². The monoisotopic (exact) mass is 271 g/mol. The average Bonchev–Trinajstić information content (AvgIpc) is 3.17. The summed E-state index contributed by atoms with van der Waals surface area (Å²) in [6.07, 6.45) is 2.38. The molecular weight excluding hydrogens is 254 g/mol. The van der Waals surface area contributed by atoms with Crippen LogP contribution in [0.3, 0.4) is 0 Å². The molecule has 0 aliphatic heterocycles. The van der Waals surface area contributed by atoms with Gasteiger partial charge in [-0.25, -0.2) is 4.98 Å². The lowest BCUT2D eigenvalue weighted by Crippen LogP contribution is -2.32. The molecule has 1 saturated carbocycles. The van der Waals surface area contributed by atoms with Gasteiger partial charge >= 0.3 is 0 Å². The number of carbonyl (C=O) groups excluding carboxylic acids is 1. The number of aromatic nitrogens is 3. The number of amides is 1. The maximum Gasteiger partial charge on any atom is 0.240 e. The number of benzene rings is 1. The van der Waals surface area contributed by atoms with Gasteiger partial charge in [0, 0.05) is 17.2 Å². The van der Waals surface area contributed by atoms with E-state index in [0.717, 1.165) is 11.4 Å². The molecule has 0 saturated heterocycles. The van der Waals surface area contributed by atoms with Crippen LogP contribution in [0, 0.1) is 0 Å². The molecule has 6 nitrogen and oxygen atoms in total. The molecule has 1 aliphatic rings. The topological polar surface area (TPSA) is 96.7 Å². The number of rotatable bonds is 4. The first-order valence-electron chi connectivity index (χ1n) is 6.72. The zero-order chi connectivity index (χ0) is 14.1. The van der Waals surface area contributed by atoms with Crippen molar-refractivity contribution >= 4 is 11.6 Å². The second-order valence-corrected chi connectivity index (χ2v) is 5.17. The van der Waals surface area contributed by atoms with Crippen LogP contribution in [0.2, 0.25) is 0 Å². The summed E-state index contributed by atoms with van der Waals surface area (Å²) in [7, 11) is 0. The molecule has 0 bridgehead atoms. The third-order valence-corrected chi connectivity index (χ3v) is 3.29. The molecule has 6 heteroatoms. The number of aromatic amines is 1. The lowest BCUT2D eigenvalue weighted by atomic mass is 10.2. The molecule has 1 aromatic carbocycles. The fourth-order valence-electron chi connectivity index (χ4n) is 1.90. The Morgan fingerprint density at radius 1 is 1.40 bits per heavy atom. The van der Waals surface area contributed by atoms with Crippen molar-refractivity contribution in [3.63, 3.8) is 0 Å². The quantitative estimate of drug-likeness (QED) is 0.787. The highest BCUT2D eigenvalue weighted by Gasteiger charge is 2.27. The first kappa shape index (κ1) is 12.8. The molecule has 1 atom stereocenters. The summed E-state index contributed by atoms with van der Waals surface area (Å²) in [5.41, 5.74) is 7.15. The molecule has 4 N–H and O–H groups in total. The second kappa shape index (κ2) is 5.05. The van der Waals surface area contributed by atoms with Gasteiger partial charge in [-0.15, -0.1) is 0 Å². The standard InChI is InChI=1S/C14H17N5O/c1-8(15)14(20)16-11-6-4-10(5-7-11)13-17-12(18-19-13)9-2-3-9/h4-9H,2-3,15H2,1H3,(H,16,20)(H,17,18,19)/t8-/m1/s1. The van der Waals surface area contributed by atoms with Crippen LogP contribution in [0.1, 0.15) is 31.5 Å². The summed E-state index contributed by atoms with van der Waals surface area (Å²) in [6.45, 7) is 1.65. The minimum absolute atomic E-state index is 0.202. The smallest absolute Gasteiger partial charge is 0.240 e. The number of H-pyrrole nitrogens is 1. The molecule has 0 unspecified atom stereocenters. The van der Waals surface area contributed by atoms with Crippen molar-refractivity contribution in [2.24, 2.45) is 5.73 Å². The van der Waals surface area contributed by atoms with Crippen molar-refractivity contribution in [1.82, 2.24) is 15.2 Å². The zero-order valence-corrected chi connectivity index (χ0v) is 11.3. The maximum atomic E-state index is 11.5. The maximum absolute atomic E-state index is 11.5. The van der Waals surface area contributed by atoms with Gasteiger partial charge in [-0.2, -0.15) is 5.10 Å². The minimum atomic E-state index is -0.524. The van der Waals surface area contributed by atoms with Crippen molar-refractivity contribution < 1.29 is 4.79 Å². The van der Waals surface area contributed by atoms with Crippen molar-refractivity contribution in [3.05, 3.63) is 30.1 Å². The van der Waals surface area contributed by atoms with E-state index in [2.05, 4.69) is 20.5 Å². The molecule has 1 amide bonds. The van der Waals surface area contributed by atoms with Gasteiger partial charge in [0.2, 0.25) is 5.91 Å². The molecule has 3 rings (SSSR count). The fourth-order valence-corrected chi connectivity index (χ4v) is 1.90. The number of nitrogens with two attached hydrogens (primary N) is 1. The lowest BCUT2D eigenvalue weighted by molar-refractivity contribution is -0.117. The molecular formula is C14H17N5O. The fraction of sp³-hybridized carbons (Fsp3) is 0.357. The van der Waals surface area contributed by atoms with Crippen molar-refractivity contribution in [2.75, 3.05) is 5.32 Å². The lowest BCUT2D eigenvalue weighted by Gasteiger charge is -2.07. The van der Waals surface area contributed by atoms with Crippen LogP contribution in [0.4, 0.5) is 5.69 Å².